The summed E-state index contributed by atoms with van der Waals surface area (Å²) in [4.78, 5) is 24.1. The molecule has 0 radical (unpaired) electrons. The summed E-state index contributed by atoms with van der Waals surface area (Å²) in [5, 5.41) is 14.2. The van der Waals surface area contributed by atoms with Gasteiger partial charge in [0.25, 0.3) is 0 Å². The summed E-state index contributed by atoms with van der Waals surface area (Å²) in [5.74, 6) is -0.444. The van der Waals surface area contributed by atoms with Crippen molar-refractivity contribution < 1.29 is 14.7 Å². The van der Waals surface area contributed by atoms with Crippen LogP contribution in [-0.2, 0) is 9.59 Å². The molecular formula is C14H28N2O3. The SMILES string of the molecule is CCCC(C)C(=O)N[C@H](C(=O)NCCO)C(C)(C)C. The van der Waals surface area contributed by atoms with Crippen molar-refractivity contribution in [1.29, 1.82) is 0 Å². The smallest absolute Gasteiger partial charge is 0.243 e. The first-order chi connectivity index (χ1) is 8.73. The van der Waals surface area contributed by atoms with Gasteiger partial charge >= 0.3 is 0 Å². The van der Waals surface area contributed by atoms with Gasteiger partial charge in [0, 0.05) is 12.5 Å². The number of carbonyl (C=O) groups is 2. The number of aliphatic hydroxyl groups is 1. The first-order valence-electron chi connectivity index (χ1n) is 6.93. The van der Waals surface area contributed by atoms with Crippen LogP contribution in [0.25, 0.3) is 0 Å². The number of nitrogens with one attached hydrogen (secondary N) is 2. The zero-order valence-corrected chi connectivity index (χ0v) is 12.7. The Morgan fingerprint density at radius 2 is 1.79 bits per heavy atom. The van der Waals surface area contributed by atoms with Crippen LogP contribution >= 0.6 is 0 Å². The minimum atomic E-state index is -0.592. The summed E-state index contributed by atoms with van der Waals surface area (Å²) in [7, 11) is 0. The number of hydrogen-bond donors (Lipinski definition) is 3. The molecule has 0 bridgehead atoms. The minimum Gasteiger partial charge on any atom is -0.395 e. The van der Waals surface area contributed by atoms with E-state index in [1.807, 2.05) is 34.6 Å². The van der Waals surface area contributed by atoms with Gasteiger partial charge in [0.2, 0.25) is 11.8 Å². The van der Waals surface area contributed by atoms with Gasteiger partial charge in [-0.15, -0.1) is 0 Å². The lowest BCUT2D eigenvalue weighted by Crippen LogP contribution is -2.54. The van der Waals surface area contributed by atoms with E-state index in [4.69, 9.17) is 5.11 Å². The molecule has 1 unspecified atom stereocenters. The van der Waals surface area contributed by atoms with Crippen LogP contribution in [0.15, 0.2) is 0 Å². The molecule has 0 saturated carbocycles. The van der Waals surface area contributed by atoms with Crippen LogP contribution in [0.3, 0.4) is 0 Å². The molecule has 2 amide bonds. The van der Waals surface area contributed by atoms with E-state index in [1.54, 1.807) is 0 Å². The Kier molecular flexibility index (Phi) is 7.68. The van der Waals surface area contributed by atoms with Crippen LogP contribution in [0, 0.1) is 11.3 Å². The first-order valence-corrected chi connectivity index (χ1v) is 6.93. The van der Waals surface area contributed by atoms with Crippen molar-refractivity contribution in [2.24, 2.45) is 11.3 Å². The predicted molar refractivity (Wildman–Crippen MR) is 75.6 cm³/mol. The third-order valence-electron chi connectivity index (χ3n) is 3.00. The fourth-order valence-electron chi connectivity index (χ4n) is 1.81. The van der Waals surface area contributed by atoms with E-state index in [0.717, 1.165) is 12.8 Å². The number of amides is 2. The second-order valence-electron chi connectivity index (χ2n) is 6.01. The van der Waals surface area contributed by atoms with E-state index >= 15 is 0 Å². The molecule has 2 atom stereocenters. The molecule has 0 aliphatic heterocycles. The van der Waals surface area contributed by atoms with Gasteiger partial charge in [-0.25, -0.2) is 0 Å². The summed E-state index contributed by atoms with van der Waals surface area (Å²) in [6.45, 7) is 9.70. The van der Waals surface area contributed by atoms with E-state index in [2.05, 4.69) is 10.6 Å². The Morgan fingerprint density at radius 3 is 2.21 bits per heavy atom. The molecule has 0 aliphatic carbocycles. The maximum atomic E-state index is 12.0. The van der Waals surface area contributed by atoms with E-state index in [9.17, 15) is 9.59 Å². The van der Waals surface area contributed by atoms with E-state index < -0.39 is 6.04 Å². The van der Waals surface area contributed by atoms with Crippen LogP contribution in [0.4, 0.5) is 0 Å². The molecule has 5 heteroatoms. The van der Waals surface area contributed by atoms with Crippen LogP contribution < -0.4 is 10.6 Å². The molecular weight excluding hydrogens is 244 g/mol. The number of aliphatic hydroxyl groups excluding tert-OH is 1. The second kappa shape index (κ2) is 8.15. The fraction of sp³-hybridized carbons (Fsp3) is 0.857. The summed E-state index contributed by atoms with van der Waals surface area (Å²) in [5.41, 5.74) is -0.374. The van der Waals surface area contributed by atoms with Gasteiger partial charge in [0.1, 0.15) is 6.04 Å². The van der Waals surface area contributed by atoms with Crippen molar-refractivity contribution in [2.75, 3.05) is 13.2 Å². The number of carbonyl (C=O) groups excluding carboxylic acids is 2. The van der Waals surface area contributed by atoms with Crippen LogP contribution in [-0.4, -0.2) is 36.1 Å². The monoisotopic (exact) mass is 272 g/mol. The highest BCUT2D eigenvalue weighted by Crippen LogP contribution is 2.20. The lowest BCUT2D eigenvalue weighted by atomic mass is 9.85. The van der Waals surface area contributed by atoms with Crippen LogP contribution in [0.2, 0.25) is 0 Å². The lowest BCUT2D eigenvalue weighted by molar-refractivity contribution is -0.133. The molecule has 0 aromatic rings. The van der Waals surface area contributed by atoms with Crippen molar-refractivity contribution in [3.05, 3.63) is 0 Å². The quantitative estimate of drug-likeness (QED) is 0.648. The molecule has 19 heavy (non-hydrogen) atoms. The van der Waals surface area contributed by atoms with Gasteiger partial charge < -0.3 is 15.7 Å². The Bertz CT molecular complexity index is 298. The van der Waals surface area contributed by atoms with E-state index in [-0.39, 0.29) is 36.3 Å². The van der Waals surface area contributed by atoms with Gasteiger partial charge in [0.05, 0.1) is 6.61 Å². The molecule has 0 spiro atoms. The molecule has 0 fully saturated rings. The van der Waals surface area contributed by atoms with Gasteiger partial charge in [-0.2, -0.15) is 0 Å². The summed E-state index contributed by atoms with van der Waals surface area (Å²) < 4.78 is 0. The molecule has 5 nitrogen and oxygen atoms in total. The van der Waals surface area contributed by atoms with Crippen molar-refractivity contribution >= 4 is 11.8 Å². The molecule has 0 aromatic carbocycles. The Morgan fingerprint density at radius 1 is 1.21 bits per heavy atom. The standard InChI is InChI=1S/C14H28N2O3/c1-6-7-10(2)12(18)16-11(14(3,4)5)13(19)15-8-9-17/h10-11,17H,6-9H2,1-5H3,(H,15,19)(H,16,18)/t10?,11-/m1/s1. The zero-order chi connectivity index (χ0) is 15.1. The third-order valence-corrected chi connectivity index (χ3v) is 3.00. The highest BCUT2D eigenvalue weighted by molar-refractivity contribution is 5.88. The Balaban J connectivity index is 4.70. The van der Waals surface area contributed by atoms with Crippen molar-refractivity contribution in [2.45, 2.75) is 53.5 Å². The molecule has 112 valence electrons. The molecule has 0 aromatic heterocycles. The zero-order valence-electron chi connectivity index (χ0n) is 12.7. The Hall–Kier alpha value is -1.10. The molecule has 0 saturated heterocycles. The highest BCUT2D eigenvalue weighted by Gasteiger charge is 2.33. The van der Waals surface area contributed by atoms with Crippen molar-refractivity contribution in [3.63, 3.8) is 0 Å². The average molecular weight is 272 g/mol. The van der Waals surface area contributed by atoms with Gasteiger partial charge in [-0.05, 0) is 11.8 Å². The topological polar surface area (TPSA) is 78.4 Å². The normalized spacial score (nSPS) is 14.6. The van der Waals surface area contributed by atoms with Crippen LogP contribution in [0.5, 0.6) is 0 Å². The van der Waals surface area contributed by atoms with Crippen molar-refractivity contribution in [3.8, 4) is 0 Å². The van der Waals surface area contributed by atoms with E-state index in [0.29, 0.717) is 0 Å². The summed E-state index contributed by atoms with van der Waals surface area (Å²) in [6, 6.07) is -0.592. The summed E-state index contributed by atoms with van der Waals surface area (Å²) in [6.07, 6.45) is 1.74. The average Bonchev–Trinajstić information content (AvgIpc) is 2.31. The minimum absolute atomic E-state index is 0.0964. The predicted octanol–water partition coefficient (Wildman–Crippen LogP) is 1.06. The largest absolute Gasteiger partial charge is 0.395 e. The first kappa shape index (κ1) is 17.9. The lowest BCUT2D eigenvalue weighted by Gasteiger charge is -2.31. The van der Waals surface area contributed by atoms with Gasteiger partial charge in [-0.3, -0.25) is 9.59 Å². The molecule has 0 heterocycles. The number of hydrogen-bond acceptors (Lipinski definition) is 3. The summed E-state index contributed by atoms with van der Waals surface area (Å²) >= 11 is 0. The molecule has 3 N–H and O–H groups in total. The maximum absolute atomic E-state index is 12.0. The van der Waals surface area contributed by atoms with E-state index in [1.165, 1.54) is 0 Å². The van der Waals surface area contributed by atoms with Gasteiger partial charge in [0.15, 0.2) is 0 Å². The Labute approximate surface area is 116 Å². The highest BCUT2D eigenvalue weighted by atomic mass is 16.3. The third kappa shape index (κ3) is 6.57. The van der Waals surface area contributed by atoms with Crippen LogP contribution in [0.1, 0.15) is 47.5 Å². The maximum Gasteiger partial charge on any atom is 0.243 e. The second-order valence-corrected chi connectivity index (χ2v) is 6.01. The van der Waals surface area contributed by atoms with Gasteiger partial charge in [-0.1, -0.05) is 41.0 Å². The molecule has 0 rings (SSSR count). The molecule has 0 aliphatic rings. The fourth-order valence-corrected chi connectivity index (χ4v) is 1.81. The number of rotatable bonds is 7. The van der Waals surface area contributed by atoms with Crippen molar-refractivity contribution in [1.82, 2.24) is 10.6 Å².